The van der Waals surface area contributed by atoms with Crippen LogP contribution in [0.25, 0.3) is 0 Å². The van der Waals surface area contributed by atoms with E-state index in [1.54, 1.807) is 0 Å². The van der Waals surface area contributed by atoms with Crippen molar-refractivity contribution < 1.29 is 19.4 Å². The molecule has 2 aliphatic rings. The molecule has 0 spiro atoms. The molecule has 5 heteroatoms. The highest BCUT2D eigenvalue weighted by Crippen LogP contribution is 2.25. The van der Waals surface area contributed by atoms with E-state index in [9.17, 15) is 9.59 Å². The Kier molecular flexibility index (Phi) is 3.99. The SMILES string of the molecule is O=C(O)CN(C(=O)C1CCCO1)C1CCCC1. The molecule has 1 aliphatic heterocycles. The van der Waals surface area contributed by atoms with Crippen LogP contribution in [0.1, 0.15) is 38.5 Å². The molecule has 1 aliphatic carbocycles. The Hall–Kier alpha value is -1.10. The summed E-state index contributed by atoms with van der Waals surface area (Å²) in [5.74, 6) is -1.07. The first-order chi connectivity index (χ1) is 8.18. The summed E-state index contributed by atoms with van der Waals surface area (Å²) in [6, 6.07) is 0.0998. The van der Waals surface area contributed by atoms with Gasteiger partial charge < -0.3 is 14.7 Å². The number of carbonyl (C=O) groups is 2. The molecular weight excluding hydrogens is 222 g/mol. The molecule has 1 unspecified atom stereocenters. The molecular formula is C12H19NO4. The summed E-state index contributed by atoms with van der Waals surface area (Å²) in [6.07, 6.45) is 5.22. The number of carbonyl (C=O) groups excluding carboxylic acids is 1. The monoisotopic (exact) mass is 241 g/mol. The second kappa shape index (κ2) is 5.49. The molecule has 0 aromatic carbocycles. The third-order valence-corrected chi connectivity index (χ3v) is 3.56. The van der Waals surface area contributed by atoms with Crippen molar-refractivity contribution in [3.63, 3.8) is 0 Å². The van der Waals surface area contributed by atoms with Crippen LogP contribution in [0.3, 0.4) is 0 Å². The predicted molar refractivity (Wildman–Crippen MR) is 60.6 cm³/mol. The maximum Gasteiger partial charge on any atom is 0.323 e. The van der Waals surface area contributed by atoms with Gasteiger partial charge in [-0.25, -0.2) is 0 Å². The average molecular weight is 241 g/mol. The number of carboxylic acids is 1. The van der Waals surface area contributed by atoms with Crippen LogP contribution >= 0.6 is 0 Å². The van der Waals surface area contributed by atoms with E-state index in [2.05, 4.69) is 0 Å². The minimum atomic E-state index is -0.941. The van der Waals surface area contributed by atoms with Gasteiger partial charge in [-0.05, 0) is 25.7 Å². The van der Waals surface area contributed by atoms with Crippen LogP contribution in [0.5, 0.6) is 0 Å². The van der Waals surface area contributed by atoms with E-state index in [1.165, 1.54) is 4.90 Å². The molecule has 17 heavy (non-hydrogen) atoms. The summed E-state index contributed by atoms with van der Waals surface area (Å²) in [6.45, 7) is 0.422. The maximum absolute atomic E-state index is 12.2. The molecule has 2 rings (SSSR count). The van der Waals surface area contributed by atoms with Crippen LogP contribution < -0.4 is 0 Å². The van der Waals surface area contributed by atoms with Crippen molar-refractivity contribution >= 4 is 11.9 Å². The minimum Gasteiger partial charge on any atom is -0.480 e. The third-order valence-electron chi connectivity index (χ3n) is 3.56. The Balaban J connectivity index is 2.02. The lowest BCUT2D eigenvalue weighted by Gasteiger charge is -2.29. The van der Waals surface area contributed by atoms with Crippen LogP contribution in [-0.4, -0.2) is 47.2 Å². The van der Waals surface area contributed by atoms with Gasteiger partial charge >= 0.3 is 5.97 Å². The molecule has 5 nitrogen and oxygen atoms in total. The first-order valence-electron chi connectivity index (χ1n) is 6.32. The molecule has 0 aromatic rings. The van der Waals surface area contributed by atoms with E-state index in [4.69, 9.17) is 9.84 Å². The van der Waals surface area contributed by atoms with Gasteiger partial charge in [0.1, 0.15) is 12.6 Å². The number of nitrogens with zero attached hydrogens (tertiary/aromatic N) is 1. The number of rotatable bonds is 4. The highest BCUT2D eigenvalue weighted by Gasteiger charge is 2.34. The molecule has 1 heterocycles. The largest absolute Gasteiger partial charge is 0.480 e. The lowest BCUT2D eigenvalue weighted by Crippen LogP contribution is -2.47. The van der Waals surface area contributed by atoms with Crippen molar-refractivity contribution in [1.29, 1.82) is 0 Å². The molecule has 1 saturated heterocycles. The topological polar surface area (TPSA) is 66.8 Å². The Morgan fingerprint density at radius 2 is 1.88 bits per heavy atom. The second-order valence-corrected chi connectivity index (χ2v) is 4.80. The van der Waals surface area contributed by atoms with E-state index in [-0.39, 0.29) is 18.5 Å². The summed E-state index contributed by atoms with van der Waals surface area (Å²) in [5, 5.41) is 8.90. The van der Waals surface area contributed by atoms with Gasteiger partial charge in [0, 0.05) is 12.6 Å². The zero-order valence-corrected chi connectivity index (χ0v) is 9.93. The van der Waals surface area contributed by atoms with E-state index < -0.39 is 12.1 Å². The zero-order chi connectivity index (χ0) is 12.3. The Bertz CT molecular complexity index is 293. The van der Waals surface area contributed by atoms with Gasteiger partial charge in [-0.2, -0.15) is 0 Å². The number of hydrogen-bond acceptors (Lipinski definition) is 3. The summed E-state index contributed by atoms with van der Waals surface area (Å²) < 4.78 is 5.35. The molecule has 2 fully saturated rings. The number of carboxylic acid groups (broad SMARTS) is 1. The van der Waals surface area contributed by atoms with Gasteiger partial charge in [-0.15, -0.1) is 0 Å². The molecule has 1 amide bonds. The highest BCUT2D eigenvalue weighted by atomic mass is 16.5. The predicted octanol–water partition coefficient (Wildman–Crippen LogP) is 1.02. The lowest BCUT2D eigenvalue weighted by atomic mass is 10.1. The van der Waals surface area contributed by atoms with Crippen LogP contribution in [0.4, 0.5) is 0 Å². The Morgan fingerprint density at radius 3 is 2.41 bits per heavy atom. The van der Waals surface area contributed by atoms with E-state index >= 15 is 0 Å². The number of hydrogen-bond donors (Lipinski definition) is 1. The lowest BCUT2D eigenvalue weighted by molar-refractivity contribution is -0.151. The van der Waals surface area contributed by atoms with Crippen LogP contribution in [-0.2, 0) is 14.3 Å². The van der Waals surface area contributed by atoms with Crippen LogP contribution in [0.2, 0.25) is 0 Å². The fourth-order valence-electron chi connectivity index (χ4n) is 2.71. The molecule has 1 N–H and O–H groups in total. The molecule has 0 radical (unpaired) electrons. The van der Waals surface area contributed by atoms with Crippen LogP contribution in [0.15, 0.2) is 0 Å². The van der Waals surface area contributed by atoms with Crippen molar-refractivity contribution in [1.82, 2.24) is 4.90 Å². The summed E-state index contributed by atoms with van der Waals surface area (Å²) in [5.41, 5.74) is 0. The van der Waals surface area contributed by atoms with Crippen molar-refractivity contribution in [3.8, 4) is 0 Å². The van der Waals surface area contributed by atoms with E-state index in [0.29, 0.717) is 6.61 Å². The molecule has 96 valence electrons. The van der Waals surface area contributed by atoms with Gasteiger partial charge in [-0.3, -0.25) is 9.59 Å². The summed E-state index contributed by atoms with van der Waals surface area (Å²) in [4.78, 5) is 24.6. The fraction of sp³-hybridized carbons (Fsp3) is 0.833. The first kappa shape index (κ1) is 12.4. The minimum absolute atomic E-state index is 0.0998. The van der Waals surface area contributed by atoms with Gasteiger partial charge in [0.05, 0.1) is 0 Å². The van der Waals surface area contributed by atoms with E-state index in [1.807, 2.05) is 0 Å². The van der Waals surface area contributed by atoms with E-state index in [0.717, 1.165) is 38.5 Å². The average Bonchev–Trinajstić information content (AvgIpc) is 2.96. The number of aliphatic carboxylic acids is 1. The molecule has 1 saturated carbocycles. The third kappa shape index (κ3) is 2.97. The fourth-order valence-corrected chi connectivity index (χ4v) is 2.71. The van der Waals surface area contributed by atoms with Gasteiger partial charge in [0.25, 0.3) is 5.91 Å². The highest BCUT2D eigenvalue weighted by molar-refractivity contribution is 5.85. The second-order valence-electron chi connectivity index (χ2n) is 4.80. The smallest absolute Gasteiger partial charge is 0.323 e. The van der Waals surface area contributed by atoms with Crippen molar-refractivity contribution in [2.75, 3.05) is 13.2 Å². The summed E-state index contributed by atoms with van der Waals surface area (Å²) in [7, 11) is 0. The normalized spacial score (nSPS) is 25.1. The zero-order valence-electron chi connectivity index (χ0n) is 9.93. The van der Waals surface area contributed by atoms with Gasteiger partial charge in [-0.1, -0.05) is 12.8 Å². The molecule has 0 bridgehead atoms. The van der Waals surface area contributed by atoms with Gasteiger partial charge in [0.15, 0.2) is 0 Å². The first-order valence-corrected chi connectivity index (χ1v) is 6.32. The Labute approximate surface area is 101 Å². The standard InChI is InChI=1S/C12H19NO4/c14-11(15)8-13(9-4-1-2-5-9)12(16)10-6-3-7-17-10/h9-10H,1-8H2,(H,14,15). The van der Waals surface area contributed by atoms with Crippen molar-refractivity contribution in [2.24, 2.45) is 0 Å². The summed E-state index contributed by atoms with van der Waals surface area (Å²) >= 11 is 0. The molecule has 1 atom stereocenters. The maximum atomic E-state index is 12.2. The van der Waals surface area contributed by atoms with Gasteiger partial charge in [0.2, 0.25) is 0 Å². The van der Waals surface area contributed by atoms with Crippen LogP contribution in [0, 0.1) is 0 Å². The quantitative estimate of drug-likeness (QED) is 0.798. The Morgan fingerprint density at radius 1 is 1.18 bits per heavy atom. The molecule has 0 aromatic heterocycles. The van der Waals surface area contributed by atoms with Crippen molar-refractivity contribution in [3.05, 3.63) is 0 Å². The number of ether oxygens (including phenoxy) is 1. The van der Waals surface area contributed by atoms with Crippen molar-refractivity contribution in [2.45, 2.75) is 50.7 Å². The number of amides is 1.